The van der Waals surface area contributed by atoms with Gasteiger partial charge in [0.05, 0.1) is 27.9 Å². The number of pyridine rings is 1. The van der Waals surface area contributed by atoms with Gasteiger partial charge in [0.2, 0.25) is 5.91 Å². The molecule has 13 heteroatoms. The molecule has 0 radical (unpaired) electrons. The maximum Gasteiger partial charge on any atom is 0.355 e. The van der Waals surface area contributed by atoms with Gasteiger partial charge in [0.25, 0.3) is 5.69 Å². The number of nitrogens with zero attached hydrogens (tertiary/aromatic N) is 5. The second-order valence-electron chi connectivity index (χ2n) is 9.66. The first-order chi connectivity index (χ1) is 19.2. The lowest BCUT2D eigenvalue weighted by atomic mass is 9.77. The smallest absolute Gasteiger partial charge is 0.355 e. The number of nitro benzene ring substituents is 1. The van der Waals surface area contributed by atoms with Gasteiger partial charge < -0.3 is 14.7 Å². The average Bonchev–Trinajstić information content (AvgIpc) is 3.58. The van der Waals surface area contributed by atoms with Gasteiger partial charge in [0, 0.05) is 47.1 Å². The van der Waals surface area contributed by atoms with Gasteiger partial charge in [-0.25, -0.2) is 9.78 Å². The number of nitro groups is 1. The Bertz CT molecular complexity index is 1660. The normalized spacial score (nSPS) is 20.9. The molecular weight excluding hydrogens is 554 g/mol. The van der Waals surface area contributed by atoms with Crippen LogP contribution in [-0.4, -0.2) is 53.3 Å². The summed E-state index contributed by atoms with van der Waals surface area (Å²) in [5.74, 6) is -1.83. The summed E-state index contributed by atoms with van der Waals surface area (Å²) in [4.78, 5) is 49.8. The van der Waals surface area contributed by atoms with Gasteiger partial charge in [-0.05, 0) is 36.8 Å². The zero-order valence-electron chi connectivity index (χ0n) is 21.3. The second-order valence-corrected chi connectivity index (χ2v) is 11.8. The molecule has 1 N–H and O–H groups in total. The first-order valence-corrected chi connectivity index (χ1v) is 14.1. The number of esters is 1. The van der Waals surface area contributed by atoms with Gasteiger partial charge in [0.1, 0.15) is 28.5 Å². The van der Waals surface area contributed by atoms with Crippen LogP contribution >= 0.6 is 23.1 Å². The van der Waals surface area contributed by atoms with E-state index in [0.717, 1.165) is 19.6 Å². The van der Waals surface area contributed by atoms with E-state index in [2.05, 4.69) is 9.97 Å². The molecule has 1 amide bonds. The van der Waals surface area contributed by atoms with Crippen molar-refractivity contribution in [1.29, 1.82) is 0 Å². The minimum absolute atomic E-state index is 0.0621. The van der Waals surface area contributed by atoms with E-state index in [1.54, 1.807) is 25.6 Å². The van der Waals surface area contributed by atoms with Crippen LogP contribution in [-0.2, 0) is 20.9 Å². The van der Waals surface area contributed by atoms with E-state index in [9.17, 15) is 24.8 Å². The molecule has 0 spiro atoms. The number of β-lactam (4-membered cyclic amide) rings is 1. The Morgan fingerprint density at radius 3 is 2.65 bits per heavy atom. The standard InChI is InChI=1S/C27H23N5O6S2/c1-14-20(19-11-30-13-29-24(26(30)40-19)39-18-7-9-28-10-8-18)23(31-22(14)21(15(2)33)25(31)34)27(35)38-12-16-3-5-17(6-4-16)32(36)37/h3-11,13-15,21-22,33H,12H2,1-2H3/t14-,15+,21+,22+/m0/s1. The molecule has 6 rings (SSSR count). The molecule has 1 aromatic carbocycles. The highest BCUT2D eigenvalue weighted by Crippen LogP contribution is 2.52. The summed E-state index contributed by atoms with van der Waals surface area (Å²) in [6.07, 6.45) is 6.18. The molecule has 2 aliphatic heterocycles. The highest BCUT2D eigenvalue weighted by Gasteiger charge is 2.60. The second kappa shape index (κ2) is 10.2. The van der Waals surface area contributed by atoms with Crippen molar-refractivity contribution >= 4 is 51.1 Å². The predicted molar refractivity (Wildman–Crippen MR) is 146 cm³/mol. The number of aliphatic hydroxyl groups is 1. The third kappa shape index (κ3) is 4.35. The van der Waals surface area contributed by atoms with Crippen LogP contribution in [0.5, 0.6) is 0 Å². The first kappa shape index (κ1) is 26.2. The molecule has 204 valence electrons. The number of benzene rings is 1. The molecule has 0 unspecified atom stereocenters. The Hall–Kier alpha value is -4.07. The fraction of sp³-hybridized carbons (Fsp3) is 0.259. The summed E-state index contributed by atoms with van der Waals surface area (Å²) in [7, 11) is 0. The number of imidazole rings is 1. The Kier molecular flexibility index (Phi) is 6.64. The lowest BCUT2D eigenvalue weighted by Crippen LogP contribution is -2.63. The monoisotopic (exact) mass is 577 g/mol. The SMILES string of the molecule is C[C@@H](O)[C@H]1C(=O)N2C(C(=O)OCc3ccc([N+](=O)[O-])cc3)=C(c3cn4cnc(Sc5ccncc5)c4s3)[C@H](C)[C@H]12. The molecule has 5 heterocycles. The van der Waals surface area contributed by atoms with Gasteiger partial charge >= 0.3 is 5.97 Å². The largest absolute Gasteiger partial charge is 0.456 e. The number of aliphatic hydroxyl groups excluding tert-OH is 1. The Morgan fingerprint density at radius 1 is 1.25 bits per heavy atom. The third-order valence-corrected chi connectivity index (χ3v) is 9.46. The number of carbonyl (C=O) groups is 2. The van der Waals surface area contributed by atoms with Crippen LogP contribution in [0.3, 0.4) is 0 Å². The summed E-state index contributed by atoms with van der Waals surface area (Å²) in [5, 5.41) is 22.1. The molecule has 11 nitrogen and oxygen atoms in total. The van der Waals surface area contributed by atoms with Gasteiger partial charge in [-0.1, -0.05) is 18.7 Å². The van der Waals surface area contributed by atoms with Gasteiger partial charge in [0.15, 0.2) is 0 Å². The Balaban J connectivity index is 1.34. The van der Waals surface area contributed by atoms with Crippen molar-refractivity contribution in [3.05, 3.63) is 87.6 Å². The van der Waals surface area contributed by atoms with E-state index in [-0.39, 0.29) is 35.9 Å². The summed E-state index contributed by atoms with van der Waals surface area (Å²) >= 11 is 2.97. The van der Waals surface area contributed by atoms with Crippen molar-refractivity contribution in [2.75, 3.05) is 0 Å². The number of hydrogen-bond acceptors (Lipinski definition) is 10. The van der Waals surface area contributed by atoms with E-state index in [1.807, 2.05) is 29.7 Å². The Morgan fingerprint density at radius 2 is 1.98 bits per heavy atom. The van der Waals surface area contributed by atoms with Gasteiger partial charge in [-0.3, -0.25) is 24.3 Å². The number of ether oxygens (including phenoxy) is 1. The molecule has 0 bridgehead atoms. The van der Waals surface area contributed by atoms with E-state index in [1.165, 1.54) is 52.3 Å². The summed E-state index contributed by atoms with van der Waals surface area (Å²) in [6, 6.07) is 9.17. The van der Waals surface area contributed by atoms with Crippen molar-refractivity contribution < 1.29 is 24.4 Å². The van der Waals surface area contributed by atoms with Crippen molar-refractivity contribution in [3.63, 3.8) is 0 Å². The molecule has 0 saturated carbocycles. The summed E-state index contributed by atoms with van der Waals surface area (Å²) < 4.78 is 7.52. The van der Waals surface area contributed by atoms with Crippen LogP contribution < -0.4 is 0 Å². The summed E-state index contributed by atoms with van der Waals surface area (Å²) in [6.45, 7) is 3.42. The molecule has 2 aliphatic rings. The molecule has 0 aliphatic carbocycles. The fourth-order valence-corrected chi connectivity index (χ4v) is 7.44. The van der Waals surface area contributed by atoms with Crippen LogP contribution in [0, 0.1) is 22.0 Å². The van der Waals surface area contributed by atoms with E-state index in [4.69, 9.17) is 4.74 Å². The van der Waals surface area contributed by atoms with Gasteiger partial charge in [-0.2, -0.15) is 0 Å². The van der Waals surface area contributed by atoms with Crippen LogP contribution in [0.1, 0.15) is 24.3 Å². The zero-order valence-corrected chi connectivity index (χ0v) is 23.0. The minimum Gasteiger partial charge on any atom is -0.456 e. The highest BCUT2D eigenvalue weighted by atomic mass is 32.2. The van der Waals surface area contributed by atoms with E-state index >= 15 is 0 Å². The summed E-state index contributed by atoms with van der Waals surface area (Å²) in [5.41, 5.74) is 1.37. The average molecular weight is 578 g/mol. The van der Waals surface area contributed by atoms with Gasteiger partial charge in [-0.15, -0.1) is 11.3 Å². The zero-order chi connectivity index (χ0) is 28.1. The van der Waals surface area contributed by atoms with Crippen molar-refractivity contribution in [1.82, 2.24) is 19.3 Å². The maximum absolute atomic E-state index is 13.5. The molecule has 40 heavy (non-hydrogen) atoms. The molecule has 3 aromatic heterocycles. The quantitative estimate of drug-likeness (QED) is 0.141. The molecule has 1 saturated heterocycles. The number of amides is 1. The van der Waals surface area contributed by atoms with Crippen LogP contribution in [0.4, 0.5) is 5.69 Å². The molecule has 4 aromatic rings. The molecular formula is C27H23N5O6S2. The number of thiazole rings is 1. The number of aromatic nitrogens is 3. The van der Waals surface area contributed by atoms with Crippen molar-refractivity contribution in [3.8, 4) is 0 Å². The topological polar surface area (TPSA) is 140 Å². The maximum atomic E-state index is 13.5. The van der Waals surface area contributed by atoms with Crippen LogP contribution in [0.2, 0.25) is 0 Å². The third-order valence-electron chi connectivity index (χ3n) is 7.19. The lowest BCUT2D eigenvalue weighted by Gasteiger charge is -2.46. The number of non-ortho nitro benzene ring substituents is 1. The number of carbonyl (C=O) groups excluding carboxylic acids is 2. The molecule has 4 atom stereocenters. The number of fused-ring (bicyclic) bond motifs is 2. The molecule has 1 fully saturated rings. The lowest BCUT2D eigenvalue weighted by molar-refractivity contribution is -0.384. The van der Waals surface area contributed by atoms with Crippen molar-refractivity contribution in [2.45, 2.75) is 42.5 Å². The predicted octanol–water partition coefficient (Wildman–Crippen LogP) is 4.16. The Labute approximate surface area is 236 Å². The minimum atomic E-state index is -0.862. The fourth-order valence-electron chi connectivity index (χ4n) is 5.30. The first-order valence-electron chi connectivity index (χ1n) is 12.4. The van der Waals surface area contributed by atoms with E-state index < -0.39 is 22.9 Å². The van der Waals surface area contributed by atoms with Crippen LogP contribution in [0.15, 0.2) is 76.9 Å². The van der Waals surface area contributed by atoms with Crippen molar-refractivity contribution in [2.24, 2.45) is 11.8 Å². The van der Waals surface area contributed by atoms with E-state index in [0.29, 0.717) is 11.1 Å². The highest BCUT2D eigenvalue weighted by molar-refractivity contribution is 7.99. The number of rotatable bonds is 8. The number of hydrogen-bond donors (Lipinski definition) is 1. The van der Waals surface area contributed by atoms with Crippen LogP contribution in [0.25, 0.3) is 10.4 Å².